The Kier molecular flexibility index (Phi) is 9.03. The van der Waals surface area contributed by atoms with Crippen molar-refractivity contribution >= 4 is 28.9 Å². The number of rotatable bonds is 11. The molecule has 2 rings (SSSR count). The van der Waals surface area contributed by atoms with Crippen LogP contribution in [0.2, 0.25) is 0 Å². The fraction of sp³-hybridized carbons (Fsp3) is 0.591. The lowest BCUT2D eigenvalue weighted by Gasteiger charge is -2.19. The van der Waals surface area contributed by atoms with Crippen LogP contribution in [0.3, 0.4) is 0 Å². The SMILES string of the molecule is CCCCCCC(CC1SC(=O)N(CC(C)C)C1=O)C(=O)Oc1ccccc1. The van der Waals surface area contributed by atoms with Gasteiger partial charge in [0.15, 0.2) is 0 Å². The van der Waals surface area contributed by atoms with Crippen LogP contribution in [0.5, 0.6) is 5.75 Å². The lowest BCUT2D eigenvalue weighted by molar-refractivity contribution is -0.139. The van der Waals surface area contributed by atoms with Crippen molar-refractivity contribution in [2.45, 2.75) is 64.5 Å². The maximum Gasteiger partial charge on any atom is 0.314 e. The largest absolute Gasteiger partial charge is 0.426 e. The zero-order valence-electron chi connectivity index (χ0n) is 17.1. The quantitative estimate of drug-likeness (QED) is 0.284. The van der Waals surface area contributed by atoms with Gasteiger partial charge in [-0.1, -0.05) is 76.4 Å². The number of ether oxygens (including phenoxy) is 1. The van der Waals surface area contributed by atoms with E-state index in [-0.39, 0.29) is 29.0 Å². The van der Waals surface area contributed by atoms with Gasteiger partial charge in [-0.05, 0) is 30.9 Å². The third-order valence-corrected chi connectivity index (χ3v) is 5.85. The van der Waals surface area contributed by atoms with Gasteiger partial charge in [0.25, 0.3) is 5.24 Å². The molecule has 0 radical (unpaired) electrons. The molecule has 6 heteroatoms. The van der Waals surface area contributed by atoms with Crippen molar-refractivity contribution in [3.8, 4) is 5.75 Å². The van der Waals surface area contributed by atoms with Gasteiger partial charge in [0.2, 0.25) is 5.91 Å². The number of para-hydroxylation sites is 1. The summed E-state index contributed by atoms with van der Waals surface area (Å²) in [4.78, 5) is 39.0. The molecule has 0 aliphatic carbocycles. The molecule has 1 heterocycles. The highest BCUT2D eigenvalue weighted by molar-refractivity contribution is 8.15. The molecule has 1 saturated heterocycles. The van der Waals surface area contributed by atoms with E-state index in [0.29, 0.717) is 25.1 Å². The van der Waals surface area contributed by atoms with Crippen LogP contribution < -0.4 is 4.74 Å². The van der Waals surface area contributed by atoms with Gasteiger partial charge in [-0.25, -0.2) is 0 Å². The monoisotopic (exact) mass is 405 g/mol. The number of nitrogens with zero attached hydrogens (tertiary/aromatic N) is 1. The molecular formula is C22H31NO4S. The minimum Gasteiger partial charge on any atom is -0.426 e. The highest BCUT2D eigenvalue weighted by Crippen LogP contribution is 2.34. The number of benzene rings is 1. The molecule has 2 amide bonds. The average Bonchev–Trinajstić information content (AvgIpc) is 2.92. The van der Waals surface area contributed by atoms with Crippen molar-refractivity contribution in [2.24, 2.45) is 11.8 Å². The van der Waals surface area contributed by atoms with E-state index in [1.54, 1.807) is 12.1 Å². The fourth-order valence-electron chi connectivity index (χ4n) is 3.27. The van der Waals surface area contributed by atoms with Crippen molar-refractivity contribution in [3.05, 3.63) is 30.3 Å². The molecule has 1 aliphatic heterocycles. The summed E-state index contributed by atoms with van der Waals surface area (Å²) in [7, 11) is 0. The van der Waals surface area contributed by atoms with Crippen molar-refractivity contribution in [1.29, 1.82) is 0 Å². The number of thioether (sulfide) groups is 1. The van der Waals surface area contributed by atoms with Crippen LogP contribution in [0.4, 0.5) is 4.79 Å². The summed E-state index contributed by atoms with van der Waals surface area (Å²) in [6.07, 6.45) is 5.23. The Balaban J connectivity index is 2.03. The van der Waals surface area contributed by atoms with Gasteiger partial charge in [0.05, 0.1) is 11.2 Å². The van der Waals surface area contributed by atoms with E-state index in [1.165, 1.54) is 4.90 Å². The third kappa shape index (κ3) is 6.66. The molecule has 1 aliphatic rings. The molecule has 28 heavy (non-hydrogen) atoms. The highest BCUT2D eigenvalue weighted by atomic mass is 32.2. The van der Waals surface area contributed by atoms with Crippen LogP contribution in [0.15, 0.2) is 30.3 Å². The zero-order chi connectivity index (χ0) is 20.5. The van der Waals surface area contributed by atoms with Crippen LogP contribution in [0, 0.1) is 11.8 Å². The number of carbonyl (C=O) groups excluding carboxylic acids is 3. The Bertz CT molecular complexity index is 662. The van der Waals surface area contributed by atoms with Crippen LogP contribution in [0.1, 0.15) is 59.3 Å². The second-order valence-corrected chi connectivity index (χ2v) is 8.89. The Morgan fingerprint density at radius 1 is 1.14 bits per heavy atom. The summed E-state index contributed by atoms with van der Waals surface area (Å²) in [6.45, 7) is 6.53. The normalized spacial score (nSPS) is 18.0. The number of amides is 2. The number of unbranched alkanes of at least 4 members (excludes halogenated alkanes) is 3. The first-order valence-corrected chi connectivity index (χ1v) is 11.1. The Labute approximate surface area is 172 Å². The molecule has 154 valence electrons. The van der Waals surface area contributed by atoms with Gasteiger partial charge in [-0.15, -0.1) is 0 Å². The van der Waals surface area contributed by atoms with E-state index >= 15 is 0 Å². The van der Waals surface area contributed by atoms with Crippen LogP contribution in [-0.2, 0) is 9.59 Å². The van der Waals surface area contributed by atoms with E-state index in [9.17, 15) is 14.4 Å². The molecule has 0 N–H and O–H groups in total. The topological polar surface area (TPSA) is 63.7 Å². The minimum atomic E-state index is -0.495. The number of esters is 1. The standard InChI is InChI=1S/C22H31NO4S/c1-4-5-6-8-11-17(21(25)27-18-12-9-7-10-13-18)14-19-20(24)23(15-16(2)3)22(26)28-19/h7,9-10,12-13,16-17,19H,4-6,8,11,14-15H2,1-3H3. The van der Waals surface area contributed by atoms with Gasteiger partial charge in [-0.2, -0.15) is 0 Å². The summed E-state index contributed by atoms with van der Waals surface area (Å²) in [5.41, 5.74) is 0. The molecule has 0 spiro atoms. The maximum atomic E-state index is 12.8. The number of hydrogen-bond donors (Lipinski definition) is 0. The maximum absolute atomic E-state index is 12.8. The second kappa shape index (κ2) is 11.2. The van der Waals surface area contributed by atoms with Gasteiger partial charge in [-0.3, -0.25) is 19.3 Å². The first-order valence-electron chi connectivity index (χ1n) is 10.2. The van der Waals surface area contributed by atoms with Crippen molar-refractivity contribution in [2.75, 3.05) is 6.54 Å². The van der Waals surface area contributed by atoms with Crippen LogP contribution in [-0.4, -0.2) is 33.8 Å². The van der Waals surface area contributed by atoms with E-state index in [2.05, 4.69) is 6.92 Å². The Morgan fingerprint density at radius 2 is 1.86 bits per heavy atom. The predicted molar refractivity (Wildman–Crippen MR) is 112 cm³/mol. The molecule has 1 aromatic carbocycles. The molecule has 2 unspecified atom stereocenters. The number of hydrogen-bond acceptors (Lipinski definition) is 5. The molecule has 0 saturated carbocycles. The zero-order valence-corrected chi connectivity index (χ0v) is 17.9. The first-order chi connectivity index (χ1) is 13.4. The van der Waals surface area contributed by atoms with Crippen LogP contribution >= 0.6 is 11.8 Å². The summed E-state index contributed by atoms with van der Waals surface area (Å²) < 4.78 is 5.54. The molecule has 1 fully saturated rings. The minimum absolute atomic E-state index is 0.172. The number of imide groups is 1. The molecule has 2 atom stereocenters. The van der Waals surface area contributed by atoms with E-state index in [4.69, 9.17) is 4.74 Å². The third-order valence-electron chi connectivity index (χ3n) is 4.75. The molecule has 0 bridgehead atoms. The molecule has 0 aromatic heterocycles. The lowest BCUT2D eigenvalue weighted by atomic mass is 9.95. The van der Waals surface area contributed by atoms with E-state index < -0.39 is 5.25 Å². The van der Waals surface area contributed by atoms with Crippen LogP contribution in [0.25, 0.3) is 0 Å². The van der Waals surface area contributed by atoms with Gasteiger partial charge in [0, 0.05) is 6.54 Å². The van der Waals surface area contributed by atoms with Gasteiger partial charge >= 0.3 is 5.97 Å². The average molecular weight is 406 g/mol. The molecule has 5 nitrogen and oxygen atoms in total. The van der Waals surface area contributed by atoms with Gasteiger partial charge in [0.1, 0.15) is 5.75 Å². The second-order valence-electron chi connectivity index (χ2n) is 7.73. The molecular weight excluding hydrogens is 374 g/mol. The summed E-state index contributed by atoms with van der Waals surface area (Å²) in [5.74, 6) is -0.139. The highest BCUT2D eigenvalue weighted by Gasteiger charge is 2.41. The van der Waals surface area contributed by atoms with Crippen molar-refractivity contribution < 1.29 is 19.1 Å². The molecule has 1 aromatic rings. The smallest absolute Gasteiger partial charge is 0.314 e. The number of carbonyl (C=O) groups is 3. The Hall–Kier alpha value is -1.82. The van der Waals surface area contributed by atoms with Crippen molar-refractivity contribution in [1.82, 2.24) is 4.90 Å². The first kappa shape index (κ1) is 22.5. The lowest BCUT2D eigenvalue weighted by Crippen LogP contribution is -2.35. The van der Waals surface area contributed by atoms with E-state index in [1.807, 2.05) is 32.0 Å². The summed E-state index contributed by atoms with van der Waals surface area (Å²) >= 11 is 1.05. The summed E-state index contributed by atoms with van der Waals surface area (Å²) in [6, 6.07) is 8.99. The predicted octanol–water partition coefficient (Wildman–Crippen LogP) is 5.29. The van der Waals surface area contributed by atoms with Gasteiger partial charge < -0.3 is 4.74 Å². The fourth-order valence-corrected chi connectivity index (χ4v) is 4.37. The van der Waals surface area contributed by atoms with Crippen molar-refractivity contribution in [3.63, 3.8) is 0 Å². The van der Waals surface area contributed by atoms with E-state index in [0.717, 1.165) is 37.4 Å². The summed E-state index contributed by atoms with van der Waals surface area (Å²) in [5, 5.41) is -0.699. The Morgan fingerprint density at radius 3 is 2.50 bits per heavy atom.